The van der Waals surface area contributed by atoms with E-state index in [4.69, 9.17) is 0 Å². The first-order valence-electron chi connectivity index (χ1n) is 8.46. The number of nitro groups is 1. The summed E-state index contributed by atoms with van der Waals surface area (Å²) in [5.74, 6) is -0.233. The lowest BCUT2D eigenvalue weighted by Crippen LogP contribution is -2.48. The second-order valence-corrected chi connectivity index (χ2v) is 6.67. The molecule has 0 radical (unpaired) electrons. The summed E-state index contributed by atoms with van der Waals surface area (Å²) < 4.78 is 1.37. The van der Waals surface area contributed by atoms with Crippen LogP contribution < -0.4 is 10.6 Å². The Labute approximate surface area is 144 Å². The molecule has 4 rings (SSSR count). The van der Waals surface area contributed by atoms with E-state index in [-0.39, 0.29) is 23.3 Å². The van der Waals surface area contributed by atoms with Gasteiger partial charge in [-0.3, -0.25) is 14.9 Å². The van der Waals surface area contributed by atoms with Gasteiger partial charge in [0, 0.05) is 30.4 Å². The lowest BCUT2D eigenvalue weighted by atomic mass is 10.00. The van der Waals surface area contributed by atoms with Gasteiger partial charge in [-0.1, -0.05) is 12.1 Å². The molecule has 2 N–H and O–H groups in total. The van der Waals surface area contributed by atoms with Crippen molar-refractivity contribution >= 4 is 11.6 Å². The molecule has 2 fully saturated rings. The molecule has 1 amide bonds. The first-order chi connectivity index (χ1) is 12.1. The van der Waals surface area contributed by atoms with Crippen molar-refractivity contribution in [1.82, 2.24) is 20.4 Å². The summed E-state index contributed by atoms with van der Waals surface area (Å²) in [4.78, 5) is 23.2. The van der Waals surface area contributed by atoms with E-state index in [1.165, 1.54) is 23.6 Å². The first-order valence-corrected chi connectivity index (χ1v) is 8.46. The van der Waals surface area contributed by atoms with Crippen molar-refractivity contribution in [3.8, 4) is 5.69 Å². The molecule has 2 aliphatic rings. The van der Waals surface area contributed by atoms with E-state index in [1.54, 1.807) is 30.5 Å². The lowest BCUT2D eigenvalue weighted by Gasteiger charge is -2.29. The number of aromatic nitrogens is 2. The number of fused-ring (bicyclic) bond motifs is 2. The van der Waals surface area contributed by atoms with Crippen LogP contribution in [0.2, 0.25) is 0 Å². The van der Waals surface area contributed by atoms with E-state index >= 15 is 0 Å². The van der Waals surface area contributed by atoms with Gasteiger partial charge in [-0.15, -0.1) is 0 Å². The molecule has 1 aromatic heterocycles. The Balaban J connectivity index is 1.49. The van der Waals surface area contributed by atoms with Crippen molar-refractivity contribution in [2.75, 3.05) is 0 Å². The van der Waals surface area contributed by atoms with Crippen LogP contribution in [0.5, 0.6) is 0 Å². The summed E-state index contributed by atoms with van der Waals surface area (Å²) in [6, 6.07) is 9.06. The summed E-state index contributed by atoms with van der Waals surface area (Å²) in [7, 11) is 0. The fourth-order valence-corrected chi connectivity index (χ4v) is 3.83. The van der Waals surface area contributed by atoms with Crippen molar-refractivity contribution in [2.45, 2.75) is 43.8 Å². The van der Waals surface area contributed by atoms with Gasteiger partial charge in [-0.2, -0.15) is 5.10 Å². The zero-order valence-electron chi connectivity index (χ0n) is 13.6. The van der Waals surface area contributed by atoms with Gasteiger partial charge in [0.15, 0.2) is 5.69 Å². The lowest BCUT2D eigenvalue weighted by molar-refractivity contribution is -0.384. The number of carbonyl (C=O) groups excluding carboxylic acids is 1. The standard InChI is InChI=1S/C17H19N5O3/c23-17(19-13-9-11-5-6-12(10-13)18-11)14-7-8-21(20-14)15-3-1-2-4-16(15)22(24)25/h1-4,7-8,11-13,18H,5-6,9-10H2,(H,19,23). The van der Waals surface area contributed by atoms with Crippen molar-refractivity contribution < 1.29 is 9.72 Å². The zero-order valence-corrected chi connectivity index (χ0v) is 13.6. The van der Waals surface area contributed by atoms with E-state index in [1.807, 2.05) is 0 Å². The normalized spacial score (nSPS) is 24.9. The second-order valence-electron chi connectivity index (χ2n) is 6.67. The van der Waals surface area contributed by atoms with Gasteiger partial charge in [-0.05, 0) is 37.8 Å². The summed E-state index contributed by atoms with van der Waals surface area (Å²) in [5, 5.41) is 22.0. The first kappa shape index (κ1) is 15.8. The van der Waals surface area contributed by atoms with Crippen molar-refractivity contribution in [1.29, 1.82) is 0 Å². The summed E-state index contributed by atoms with van der Waals surface area (Å²) in [6.45, 7) is 0. The molecule has 2 unspecified atom stereocenters. The number of carbonyl (C=O) groups is 1. The Kier molecular flexibility index (Phi) is 3.96. The zero-order chi connectivity index (χ0) is 17.4. The number of nitrogens with zero attached hydrogens (tertiary/aromatic N) is 3. The minimum absolute atomic E-state index is 0.0486. The Morgan fingerprint density at radius 1 is 1.24 bits per heavy atom. The highest BCUT2D eigenvalue weighted by Crippen LogP contribution is 2.27. The van der Waals surface area contributed by atoms with Crippen LogP contribution in [-0.2, 0) is 0 Å². The number of hydrogen-bond acceptors (Lipinski definition) is 5. The number of para-hydroxylation sites is 2. The molecule has 25 heavy (non-hydrogen) atoms. The minimum atomic E-state index is -0.457. The topological polar surface area (TPSA) is 102 Å². The van der Waals surface area contributed by atoms with Crippen LogP contribution in [-0.4, -0.2) is 38.7 Å². The van der Waals surface area contributed by atoms with Gasteiger partial charge in [0.05, 0.1) is 4.92 Å². The van der Waals surface area contributed by atoms with Gasteiger partial charge >= 0.3 is 0 Å². The van der Waals surface area contributed by atoms with Crippen LogP contribution in [0.25, 0.3) is 5.69 Å². The second kappa shape index (κ2) is 6.29. The third-order valence-corrected chi connectivity index (χ3v) is 4.96. The van der Waals surface area contributed by atoms with Gasteiger partial charge in [0.2, 0.25) is 0 Å². The van der Waals surface area contributed by atoms with Gasteiger partial charge in [-0.25, -0.2) is 4.68 Å². The Morgan fingerprint density at radius 2 is 1.96 bits per heavy atom. The van der Waals surface area contributed by atoms with E-state index in [2.05, 4.69) is 15.7 Å². The van der Waals surface area contributed by atoms with Gasteiger partial charge in [0.1, 0.15) is 5.69 Å². The average molecular weight is 341 g/mol. The number of nitro benzene ring substituents is 1. The molecule has 2 atom stereocenters. The molecule has 2 aliphatic heterocycles. The number of amides is 1. The molecule has 130 valence electrons. The SMILES string of the molecule is O=C(NC1CC2CCC(C1)N2)c1ccn(-c2ccccc2[N+](=O)[O-])n1. The summed E-state index contributed by atoms with van der Waals surface area (Å²) in [5.41, 5.74) is 0.558. The van der Waals surface area contributed by atoms with E-state index in [9.17, 15) is 14.9 Å². The van der Waals surface area contributed by atoms with Crippen LogP contribution in [0.1, 0.15) is 36.2 Å². The Bertz CT molecular complexity index is 806. The van der Waals surface area contributed by atoms with Crippen LogP contribution in [0, 0.1) is 10.1 Å². The maximum Gasteiger partial charge on any atom is 0.294 e. The predicted octanol–water partition coefficient (Wildman–Crippen LogP) is 1.79. The Morgan fingerprint density at radius 3 is 2.68 bits per heavy atom. The Hall–Kier alpha value is -2.74. The number of hydrogen-bond donors (Lipinski definition) is 2. The number of rotatable bonds is 4. The highest BCUT2D eigenvalue weighted by Gasteiger charge is 2.34. The largest absolute Gasteiger partial charge is 0.348 e. The average Bonchev–Trinajstić information content (AvgIpc) is 3.22. The smallest absolute Gasteiger partial charge is 0.294 e. The molecule has 2 saturated heterocycles. The molecule has 2 aromatic rings. The van der Waals surface area contributed by atoms with Gasteiger partial charge < -0.3 is 10.6 Å². The monoisotopic (exact) mass is 341 g/mol. The molecular formula is C17H19N5O3. The number of nitrogens with one attached hydrogen (secondary N) is 2. The summed E-state index contributed by atoms with van der Waals surface area (Å²) >= 11 is 0. The molecule has 1 aromatic carbocycles. The maximum absolute atomic E-state index is 12.5. The maximum atomic E-state index is 12.5. The van der Waals surface area contributed by atoms with E-state index in [0.29, 0.717) is 17.8 Å². The highest BCUT2D eigenvalue weighted by atomic mass is 16.6. The molecule has 3 heterocycles. The fourth-order valence-electron chi connectivity index (χ4n) is 3.83. The molecule has 2 bridgehead atoms. The molecule has 0 saturated carbocycles. The molecule has 8 nitrogen and oxygen atoms in total. The molecule has 0 aliphatic carbocycles. The highest BCUT2D eigenvalue weighted by molar-refractivity contribution is 5.92. The van der Waals surface area contributed by atoms with Crippen LogP contribution >= 0.6 is 0 Å². The van der Waals surface area contributed by atoms with Crippen molar-refractivity contribution in [3.63, 3.8) is 0 Å². The van der Waals surface area contributed by atoms with Gasteiger partial charge in [0.25, 0.3) is 11.6 Å². The quantitative estimate of drug-likeness (QED) is 0.652. The number of piperidine rings is 1. The predicted molar refractivity (Wildman–Crippen MR) is 90.7 cm³/mol. The van der Waals surface area contributed by atoms with E-state index < -0.39 is 4.92 Å². The van der Waals surface area contributed by atoms with Crippen molar-refractivity contribution in [2.24, 2.45) is 0 Å². The van der Waals surface area contributed by atoms with E-state index in [0.717, 1.165) is 12.8 Å². The molecule has 8 heteroatoms. The van der Waals surface area contributed by atoms with Crippen LogP contribution in [0.4, 0.5) is 5.69 Å². The third-order valence-electron chi connectivity index (χ3n) is 4.96. The van der Waals surface area contributed by atoms with Crippen LogP contribution in [0.3, 0.4) is 0 Å². The third kappa shape index (κ3) is 3.12. The fraction of sp³-hybridized carbons (Fsp3) is 0.412. The molecular weight excluding hydrogens is 322 g/mol. The minimum Gasteiger partial charge on any atom is -0.348 e. The summed E-state index contributed by atoms with van der Waals surface area (Å²) in [6.07, 6.45) is 5.79. The van der Waals surface area contributed by atoms with Crippen molar-refractivity contribution in [3.05, 3.63) is 52.3 Å². The molecule has 0 spiro atoms. The van der Waals surface area contributed by atoms with Crippen LogP contribution in [0.15, 0.2) is 36.5 Å². The number of benzene rings is 1.